The predicted octanol–water partition coefficient (Wildman–Crippen LogP) is 3.40. The van der Waals surface area contributed by atoms with Gasteiger partial charge in [0.15, 0.2) is 0 Å². The number of amides is 1. The molecule has 7 heteroatoms. The number of rotatable bonds is 4. The zero-order valence-electron chi connectivity index (χ0n) is 15.7. The highest BCUT2D eigenvalue weighted by Gasteiger charge is 2.18. The minimum absolute atomic E-state index is 0.0388. The first-order valence-corrected chi connectivity index (χ1v) is 9.38. The number of carbonyl (C=O) groups is 1. The molecule has 1 heterocycles. The number of anilines is 3. The summed E-state index contributed by atoms with van der Waals surface area (Å²) in [6, 6.07) is 15.2. The summed E-state index contributed by atoms with van der Waals surface area (Å²) >= 11 is 6.09. The van der Waals surface area contributed by atoms with E-state index >= 15 is 0 Å². The molecule has 1 amide bonds. The maximum absolute atomic E-state index is 12.4. The first-order valence-electron chi connectivity index (χ1n) is 9.00. The van der Waals surface area contributed by atoms with Gasteiger partial charge in [-0.05, 0) is 42.8 Å². The minimum atomic E-state index is -0.490. The van der Waals surface area contributed by atoms with E-state index < -0.39 is 5.91 Å². The lowest BCUT2D eigenvalue weighted by atomic mass is 10.2. The van der Waals surface area contributed by atoms with Gasteiger partial charge in [-0.25, -0.2) is 0 Å². The van der Waals surface area contributed by atoms with Crippen molar-refractivity contribution in [3.63, 3.8) is 0 Å². The fraction of sp³-hybridized carbons (Fsp3) is 0.238. The van der Waals surface area contributed by atoms with E-state index in [9.17, 15) is 10.1 Å². The largest absolute Gasteiger partial charge is 0.399 e. The van der Waals surface area contributed by atoms with Crippen molar-refractivity contribution >= 4 is 34.6 Å². The molecule has 144 valence electrons. The summed E-state index contributed by atoms with van der Waals surface area (Å²) in [4.78, 5) is 16.7. The zero-order valence-corrected chi connectivity index (χ0v) is 16.4. The third kappa shape index (κ3) is 4.76. The Labute approximate surface area is 169 Å². The van der Waals surface area contributed by atoms with Gasteiger partial charge in [0.05, 0.1) is 10.7 Å². The first-order chi connectivity index (χ1) is 13.5. The van der Waals surface area contributed by atoms with E-state index in [0.29, 0.717) is 16.4 Å². The molecule has 0 unspecified atom stereocenters. The highest BCUT2D eigenvalue weighted by Crippen LogP contribution is 2.24. The molecule has 0 bridgehead atoms. The summed E-state index contributed by atoms with van der Waals surface area (Å²) in [5.74, 6) is -0.490. The zero-order chi connectivity index (χ0) is 20.1. The molecule has 6 nitrogen and oxygen atoms in total. The molecule has 0 radical (unpaired) electrons. The summed E-state index contributed by atoms with van der Waals surface area (Å²) in [7, 11) is 0. The monoisotopic (exact) mass is 395 g/mol. The Bertz CT molecular complexity index is 942. The standard InChI is InChI=1S/C21H22ClN5O/c1-15-3-2-4-18(11-15)27-9-7-26(8-10-27)14-16(13-23)21(28)25-20-6-5-17(24)12-19(20)22/h2-6,11-12,14H,7-10,24H2,1H3,(H,25,28)/b16-14-. The van der Waals surface area contributed by atoms with E-state index in [1.165, 1.54) is 11.3 Å². The van der Waals surface area contributed by atoms with Gasteiger partial charge in [-0.3, -0.25) is 4.79 Å². The number of carbonyl (C=O) groups excluding carboxylic acids is 1. The number of piperazine rings is 1. The SMILES string of the molecule is Cc1cccc(N2CCN(/C=C(/C#N)C(=O)Nc3ccc(N)cc3Cl)CC2)c1. The highest BCUT2D eigenvalue weighted by molar-refractivity contribution is 6.34. The van der Waals surface area contributed by atoms with Gasteiger partial charge >= 0.3 is 0 Å². The average Bonchev–Trinajstić information content (AvgIpc) is 2.68. The number of hydrogen-bond donors (Lipinski definition) is 2. The number of nitrogens with two attached hydrogens (primary N) is 1. The number of halogens is 1. The van der Waals surface area contributed by atoms with Crippen LogP contribution in [-0.4, -0.2) is 37.0 Å². The second-order valence-corrected chi connectivity index (χ2v) is 7.12. The van der Waals surface area contributed by atoms with Crippen LogP contribution in [0.25, 0.3) is 0 Å². The summed E-state index contributed by atoms with van der Waals surface area (Å²) in [5, 5.41) is 12.4. The van der Waals surface area contributed by atoms with Gasteiger partial charge in [-0.2, -0.15) is 5.26 Å². The molecule has 1 aliphatic rings. The third-order valence-corrected chi connectivity index (χ3v) is 4.91. The topological polar surface area (TPSA) is 85.4 Å². The molecule has 0 aromatic heterocycles. The third-order valence-electron chi connectivity index (χ3n) is 4.60. The molecule has 3 N–H and O–H groups in total. The van der Waals surface area contributed by atoms with Crippen molar-refractivity contribution in [3.8, 4) is 6.07 Å². The summed E-state index contributed by atoms with van der Waals surface area (Å²) in [6.07, 6.45) is 1.62. The fourth-order valence-corrected chi connectivity index (χ4v) is 3.31. The number of nitrogen functional groups attached to an aromatic ring is 1. The molecule has 1 aliphatic heterocycles. The Balaban J connectivity index is 1.63. The van der Waals surface area contributed by atoms with Crippen LogP contribution in [0.5, 0.6) is 0 Å². The van der Waals surface area contributed by atoms with Gasteiger partial charge in [0, 0.05) is 43.8 Å². The normalized spacial score (nSPS) is 14.5. The van der Waals surface area contributed by atoms with Crippen LogP contribution in [0.15, 0.2) is 54.2 Å². The number of hydrogen-bond acceptors (Lipinski definition) is 5. The van der Waals surface area contributed by atoms with E-state index in [4.69, 9.17) is 17.3 Å². The van der Waals surface area contributed by atoms with Crippen molar-refractivity contribution in [2.75, 3.05) is 42.1 Å². The molecule has 2 aromatic carbocycles. The number of aryl methyl sites for hydroxylation is 1. The minimum Gasteiger partial charge on any atom is -0.399 e. The van der Waals surface area contributed by atoms with Crippen LogP contribution in [0, 0.1) is 18.3 Å². The second-order valence-electron chi connectivity index (χ2n) is 6.71. The molecule has 28 heavy (non-hydrogen) atoms. The van der Waals surface area contributed by atoms with E-state index in [2.05, 4.69) is 41.4 Å². The summed E-state index contributed by atoms with van der Waals surface area (Å²) in [6.45, 7) is 5.19. The number of nitrogens with one attached hydrogen (secondary N) is 1. The fourth-order valence-electron chi connectivity index (χ4n) is 3.08. The van der Waals surface area contributed by atoms with Crippen LogP contribution in [0.4, 0.5) is 17.1 Å². The molecule has 1 fully saturated rings. The summed E-state index contributed by atoms with van der Waals surface area (Å²) in [5.41, 5.74) is 9.05. The quantitative estimate of drug-likeness (QED) is 0.470. The van der Waals surface area contributed by atoms with Gasteiger partial charge in [0.1, 0.15) is 11.6 Å². The highest BCUT2D eigenvalue weighted by atomic mass is 35.5. The van der Waals surface area contributed by atoms with Gasteiger partial charge in [-0.1, -0.05) is 23.7 Å². The van der Waals surface area contributed by atoms with Gasteiger partial charge in [-0.15, -0.1) is 0 Å². The Kier molecular flexibility index (Phi) is 6.07. The van der Waals surface area contributed by atoms with E-state index in [0.717, 1.165) is 26.2 Å². The Hall–Kier alpha value is -3.17. The van der Waals surface area contributed by atoms with Gasteiger partial charge in [0.25, 0.3) is 5.91 Å². The van der Waals surface area contributed by atoms with Crippen LogP contribution < -0.4 is 16.0 Å². The van der Waals surface area contributed by atoms with Crippen LogP contribution in [0.1, 0.15) is 5.56 Å². The maximum atomic E-state index is 12.4. The average molecular weight is 396 g/mol. The van der Waals surface area contributed by atoms with Crippen LogP contribution >= 0.6 is 11.6 Å². The second kappa shape index (κ2) is 8.68. The predicted molar refractivity (Wildman–Crippen MR) is 113 cm³/mol. The van der Waals surface area contributed by atoms with E-state index in [1.54, 1.807) is 24.4 Å². The molecule has 1 saturated heterocycles. The van der Waals surface area contributed by atoms with E-state index in [-0.39, 0.29) is 5.57 Å². The number of nitrogens with zero attached hydrogens (tertiary/aromatic N) is 3. The molecule has 0 saturated carbocycles. The lowest BCUT2D eigenvalue weighted by Crippen LogP contribution is -2.44. The van der Waals surface area contributed by atoms with Gasteiger partial charge < -0.3 is 20.9 Å². The van der Waals surface area contributed by atoms with Crippen molar-refractivity contribution in [3.05, 3.63) is 64.8 Å². The van der Waals surface area contributed by atoms with Crippen LogP contribution in [0.2, 0.25) is 5.02 Å². The molecule has 3 rings (SSSR count). The molecule has 0 atom stereocenters. The number of nitriles is 1. The van der Waals surface area contributed by atoms with Crippen molar-refractivity contribution in [1.29, 1.82) is 5.26 Å². The van der Waals surface area contributed by atoms with Crippen molar-refractivity contribution in [2.24, 2.45) is 0 Å². The van der Waals surface area contributed by atoms with Crippen LogP contribution in [0.3, 0.4) is 0 Å². The maximum Gasteiger partial charge on any atom is 0.267 e. The van der Waals surface area contributed by atoms with Crippen molar-refractivity contribution in [2.45, 2.75) is 6.92 Å². The Morgan fingerprint density at radius 3 is 2.61 bits per heavy atom. The molecular weight excluding hydrogens is 374 g/mol. The lowest BCUT2D eigenvalue weighted by Gasteiger charge is -2.35. The molecule has 2 aromatic rings. The number of benzene rings is 2. The van der Waals surface area contributed by atoms with Crippen molar-refractivity contribution < 1.29 is 4.79 Å². The van der Waals surface area contributed by atoms with Gasteiger partial charge in [0.2, 0.25) is 0 Å². The molecule has 0 aliphatic carbocycles. The van der Waals surface area contributed by atoms with Crippen molar-refractivity contribution in [1.82, 2.24) is 4.90 Å². The molecule has 0 spiro atoms. The lowest BCUT2D eigenvalue weighted by molar-refractivity contribution is -0.112. The van der Waals surface area contributed by atoms with E-state index in [1.807, 2.05) is 11.0 Å². The smallest absolute Gasteiger partial charge is 0.267 e. The van der Waals surface area contributed by atoms with Crippen LogP contribution in [-0.2, 0) is 4.79 Å². The Morgan fingerprint density at radius 2 is 1.96 bits per heavy atom. The first kappa shape index (κ1) is 19.6. The summed E-state index contributed by atoms with van der Waals surface area (Å²) < 4.78 is 0. The Morgan fingerprint density at radius 1 is 1.21 bits per heavy atom. The molecular formula is C21H22ClN5O.